The fourth-order valence-electron chi connectivity index (χ4n) is 3.87. The van der Waals surface area contributed by atoms with E-state index in [9.17, 15) is 8.42 Å². The molecule has 8 heteroatoms. The van der Waals surface area contributed by atoms with Crippen LogP contribution in [0.4, 0.5) is 0 Å². The maximum Gasteiger partial charge on any atom is 0.243 e. The van der Waals surface area contributed by atoms with E-state index >= 15 is 0 Å². The van der Waals surface area contributed by atoms with Gasteiger partial charge >= 0.3 is 0 Å². The Balaban J connectivity index is 1.64. The summed E-state index contributed by atoms with van der Waals surface area (Å²) in [7, 11) is -3.53. The SMILES string of the molecule is Cc1nc(-c2cccc(S(=O)(=O)N3CCC[C@@]4(CCNC4)C3)c2)no1. The standard InChI is InChI=1S/C17H22N4O3S/c1-13-19-16(20-24-13)14-4-2-5-15(10-14)25(22,23)21-9-3-6-17(12-21)7-8-18-11-17/h2,4-5,10,18H,3,6-9,11-12H2,1H3/t17-/m0/s1. The minimum atomic E-state index is -3.53. The second kappa shape index (κ2) is 6.19. The van der Waals surface area contributed by atoms with Gasteiger partial charge < -0.3 is 9.84 Å². The van der Waals surface area contributed by atoms with Gasteiger partial charge in [0.1, 0.15) is 0 Å². The zero-order valence-corrected chi connectivity index (χ0v) is 15.1. The third-order valence-corrected chi connectivity index (χ3v) is 7.06. The molecule has 2 aromatic rings. The molecule has 0 unspecified atom stereocenters. The first kappa shape index (κ1) is 16.7. The Morgan fingerprint density at radius 2 is 2.20 bits per heavy atom. The monoisotopic (exact) mass is 362 g/mol. The topological polar surface area (TPSA) is 88.3 Å². The number of aromatic nitrogens is 2. The Morgan fingerprint density at radius 1 is 1.32 bits per heavy atom. The van der Waals surface area contributed by atoms with Crippen LogP contribution in [0.5, 0.6) is 0 Å². The van der Waals surface area contributed by atoms with Crippen molar-refractivity contribution in [3.63, 3.8) is 0 Å². The molecule has 3 heterocycles. The van der Waals surface area contributed by atoms with E-state index in [0.717, 1.165) is 32.4 Å². The van der Waals surface area contributed by atoms with Crippen LogP contribution in [0.2, 0.25) is 0 Å². The Bertz CT molecular complexity index is 872. The molecule has 0 amide bonds. The first-order valence-corrected chi connectivity index (χ1v) is 10.0. The quantitative estimate of drug-likeness (QED) is 0.896. The maximum absolute atomic E-state index is 13.2. The van der Waals surface area contributed by atoms with Gasteiger partial charge in [0, 0.05) is 32.1 Å². The van der Waals surface area contributed by atoms with E-state index in [1.807, 2.05) is 0 Å². The zero-order chi connectivity index (χ0) is 17.5. The van der Waals surface area contributed by atoms with E-state index in [1.165, 1.54) is 0 Å². The Labute approximate surface area is 147 Å². The minimum Gasteiger partial charge on any atom is -0.339 e. The molecule has 1 N–H and O–H groups in total. The first-order valence-electron chi connectivity index (χ1n) is 8.60. The van der Waals surface area contributed by atoms with Crippen molar-refractivity contribution in [3.05, 3.63) is 30.2 Å². The zero-order valence-electron chi connectivity index (χ0n) is 14.2. The van der Waals surface area contributed by atoms with Crippen molar-refractivity contribution in [2.75, 3.05) is 26.2 Å². The molecule has 1 atom stereocenters. The third-order valence-electron chi connectivity index (χ3n) is 5.22. The highest BCUT2D eigenvalue weighted by Crippen LogP contribution is 2.37. The van der Waals surface area contributed by atoms with Crippen molar-refractivity contribution >= 4 is 10.0 Å². The third kappa shape index (κ3) is 3.09. The summed E-state index contributed by atoms with van der Waals surface area (Å²) < 4.78 is 33.0. The molecule has 0 radical (unpaired) electrons. The van der Waals surface area contributed by atoms with Crippen molar-refractivity contribution in [2.24, 2.45) is 5.41 Å². The summed E-state index contributed by atoms with van der Waals surface area (Å²) in [4.78, 5) is 4.47. The molecule has 2 fully saturated rings. The van der Waals surface area contributed by atoms with Crippen LogP contribution in [0.3, 0.4) is 0 Å². The smallest absolute Gasteiger partial charge is 0.243 e. The minimum absolute atomic E-state index is 0.0910. The number of hydrogen-bond acceptors (Lipinski definition) is 6. The number of hydrogen-bond donors (Lipinski definition) is 1. The number of aryl methyl sites for hydroxylation is 1. The van der Waals surface area contributed by atoms with Crippen LogP contribution in [-0.2, 0) is 10.0 Å². The van der Waals surface area contributed by atoms with E-state index in [4.69, 9.17) is 4.52 Å². The average molecular weight is 362 g/mol. The normalized spacial score (nSPS) is 24.8. The molecule has 1 aromatic carbocycles. The highest BCUT2D eigenvalue weighted by atomic mass is 32.2. The van der Waals surface area contributed by atoms with Crippen LogP contribution < -0.4 is 5.32 Å². The van der Waals surface area contributed by atoms with Crippen molar-refractivity contribution in [1.29, 1.82) is 0 Å². The molecule has 4 rings (SSSR count). The molecule has 25 heavy (non-hydrogen) atoms. The van der Waals surface area contributed by atoms with Crippen LogP contribution >= 0.6 is 0 Å². The highest BCUT2D eigenvalue weighted by Gasteiger charge is 2.41. The summed E-state index contributed by atoms with van der Waals surface area (Å²) in [6.45, 7) is 4.76. The molecular weight excluding hydrogens is 340 g/mol. The lowest BCUT2D eigenvalue weighted by molar-refractivity contribution is 0.166. The van der Waals surface area contributed by atoms with Crippen LogP contribution in [-0.4, -0.2) is 49.0 Å². The predicted molar refractivity (Wildman–Crippen MR) is 92.4 cm³/mol. The van der Waals surface area contributed by atoms with Crippen molar-refractivity contribution < 1.29 is 12.9 Å². The first-order chi connectivity index (χ1) is 12.0. The van der Waals surface area contributed by atoms with Crippen LogP contribution in [0.1, 0.15) is 25.2 Å². The average Bonchev–Trinajstić information content (AvgIpc) is 3.24. The van der Waals surface area contributed by atoms with Crippen LogP contribution in [0.25, 0.3) is 11.4 Å². The number of rotatable bonds is 3. The molecule has 1 aromatic heterocycles. The van der Waals surface area contributed by atoms with Gasteiger partial charge in [-0.25, -0.2) is 8.42 Å². The summed E-state index contributed by atoms with van der Waals surface area (Å²) in [5, 5.41) is 7.26. The predicted octanol–water partition coefficient (Wildman–Crippen LogP) is 1.81. The van der Waals surface area contributed by atoms with Gasteiger partial charge in [-0.2, -0.15) is 9.29 Å². The highest BCUT2D eigenvalue weighted by molar-refractivity contribution is 7.89. The second-order valence-electron chi connectivity index (χ2n) is 7.03. The lowest BCUT2D eigenvalue weighted by Crippen LogP contribution is -2.47. The number of sulfonamides is 1. The number of nitrogens with zero attached hydrogens (tertiary/aromatic N) is 3. The van der Waals surface area contributed by atoms with E-state index in [0.29, 0.717) is 30.4 Å². The van der Waals surface area contributed by atoms with Gasteiger partial charge in [0.25, 0.3) is 0 Å². The van der Waals surface area contributed by atoms with Gasteiger partial charge in [-0.1, -0.05) is 17.3 Å². The van der Waals surface area contributed by atoms with E-state index < -0.39 is 10.0 Å². The molecule has 7 nitrogen and oxygen atoms in total. The number of piperidine rings is 1. The molecule has 0 aliphatic carbocycles. The molecular formula is C17H22N4O3S. The number of benzene rings is 1. The Morgan fingerprint density at radius 3 is 2.92 bits per heavy atom. The van der Waals surface area contributed by atoms with Gasteiger partial charge in [-0.3, -0.25) is 0 Å². The van der Waals surface area contributed by atoms with Crippen molar-refractivity contribution in [1.82, 2.24) is 19.8 Å². The van der Waals surface area contributed by atoms with Gasteiger partial charge in [0.2, 0.25) is 21.7 Å². The van der Waals surface area contributed by atoms with Crippen molar-refractivity contribution in [2.45, 2.75) is 31.1 Å². The summed E-state index contributed by atoms with van der Waals surface area (Å²) in [5.41, 5.74) is 0.737. The number of nitrogens with one attached hydrogen (secondary N) is 1. The van der Waals surface area contributed by atoms with Crippen LogP contribution in [0.15, 0.2) is 33.7 Å². The van der Waals surface area contributed by atoms with Gasteiger partial charge in [0.15, 0.2) is 0 Å². The van der Waals surface area contributed by atoms with Gasteiger partial charge in [-0.15, -0.1) is 0 Å². The van der Waals surface area contributed by atoms with Crippen molar-refractivity contribution in [3.8, 4) is 11.4 Å². The summed E-state index contributed by atoms with van der Waals surface area (Å²) in [5.74, 6) is 0.861. The molecule has 2 saturated heterocycles. The van der Waals surface area contributed by atoms with Crippen LogP contribution in [0, 0.1) is 12.3 Å². The fourth-order valence-corrected chi connectivity index (χ4v) is 5.51. The second-order valence-corrected chi connectivity index (χ2v) is 8.97. The summed E-state index contributed by atoms with van der Waals surface area (Å²) in [6, 6.07) is 6.79. The Kier molecular flexibility index (Phi) is 4.13. The summed E-state index contributed by atoms with van der Waals surface area (Å²) in [6.07, 6.45) is 3.04. The molecule has 1 spiro atoms. The molecule has 0 saturated carbocycles. The molecule has 0 bridgehead atoms. The largest absolute Gasteiger partial charge is 0.339 e. The van der Waals surface area contributed by atoms with Gasteiger partial charge in [0.05, 0.1) is 4.90 Å². The lowest BCUT2D eigenvalue weighted by atomic mass is 9.80. The van der Waals surface area contributed by atoms with E-state index in [-0.39, 0.29) is 10.3 Å². The maximum atomic E-state index is 13.2. The summed E-state index contributed by atoms with van der Waals surface area (Å²) >= 11 is 0. The molecule has 2 aliphatic rings. The lowest BCUT2D eigenvalue weighted by Gasteiger charge is -2.39. The van der Waals surface area contributed by atoms with E-state index in [2.05, 4.69) is 15.5 Å². The Hall–Kier alpha value is -1.77. The van der Waals surface area contributed by atoms with Gasteiger partial charge in [-0.05, 0) is 43.4 Å². The molecule has 2 aliphatic heterocycles. The van der Waals surface area contributed by atoms with E-state index in [1.54, 1.807) is 35.5 Å². The molecule has 134 valence electrons. The fraction of sp³-hybridized carbons (Fsp3) is 0.529.